The molecule has 0 radical (unpaired) electrons. The number of carboxylic acid groups (broad SMARTS) is 1. The van der Waals surface area contributed by atoms with Crippen LogP contribution in [0.25, 0.3) is 0 Å². The number of carboxylic acids is 1. The molecule has 1 heterocycles. The zero-order chi connectivity index (χ0) is 14.5. The maximum Gasteiger partial charge on any atom is 0.205 e. The number of benzene rings is 1. The third-order valence-corrected chi connectivity index (χ3v) is 3.51. The standard InChI is InChI=1S/C13H15N3O3S/c1-16(8-12(17)18)13-14-11(15-20-13)7-9-4-3-5-10(6-9)19-2/h3-6H,7-8H2,1-2H3,(H,17,18)/p-1. The number of nitrogens with zero attached hydrogens (tertiary/aromatic N) is 3. The Kier molecular flexibility index (Phi) is 4.52. The predicted octanol–water partition coefficient (Wildman–Crippen LogP) is 0.324. The van der Waals surface area contributed by atoms with Crippen molar-refractivity contribution in [3.63, 3.8) is 0 Å². The topological polar surface area (TPSA) is 78.4 Å². The summed E-state index contributed by atoms with van der Waals surface area (Å²) < 4.78 is 9.39. The molecule has 1 aromatic carbocycles. The second-order valence-corrected chi connectivity index (χ2v) is 4.98. The molecule has 0 bridgehead atoms. The Bertz CT molecular complexity index is 600. The second kappa shape index (κ2) is 6.33. The van der Waals surface area contributed by atoms with E-state index in [1.165, 1.54) is 16.4 Å². The Balaban J connectivity index is 2.07. The number of hydrogen-bond donors (Lipinski definition) is 0. The first-order valence-corrected chi connectivity index (χ1v) is 6.72. The number of aliphatic carboxylic acids is 1. The molecule has 2 rings (SSSR count). The number of rotatable bonds is 6. The highest BCUT2D eigenvalue weighted by molar-refractivity contribution is 7.09. The SMILES string of the molecule is COc1cccc(Cc2nsc(N(C)CC(=O)[O-])n2)c1. The van der Waals surface area contributed by atoms with Gasteiger partial charge in [0.15, 0.2) is 0 Å². The Morgan fingerprint density at radius 3 is 3.00 bits per heavy atom. The summed E-state index contributed by atoms with van der Waals surface area (Å²) in [6.07, 6.45) is 0.576. The number of carbonyl (C=O) groups excluding carboxylic acids is 1. The quantitative estimate of drug-likeness (QED) is 0.763. The van der Waals surface area contributed by atoms with E-state index in [0.717, 1.165) is 11.3 Å². The van der Waals surface area contributed by atoms with Crippen molar-refractivity contribution in [3.8, 4) is 5.75 Å². The maximum atomic E-state index is 10.5. The van der Waals surface area contributed by atoms with E-state index in [2.05, 4.69) is 9.36 Å². The zero-order valence-electron chi connectivity index (χ0n) is 11.2. The fourth-order valence-electron chi connectivity index (χ4n) is 1.70. The van der Waals surface area contributed by atoms with Crippen LogP contribution in [0.1, 0.15) is 11.4 Å². The van der Waals surface area contributed by atoms with E-state index in [1.807, 2.05) is 24.3 Å². The maximum absolute atomic E-state index is 10.5. The van der Waals surface area contributed by atoms with Gasteiger partial charge in [0, 0.05) is 25.0 Å². The number of aromatic nitrogens is 2. The van der Waals surface area contributed by atoms with Gasteiger partial charge in [0.25, 0.3) is 0 Å². The van der Waals surface area contributed by atoms with Crippen LogP contribution < -0.4 is 14.7 Å². The highest BCUT2D eigenvalue weighted by Crippen LogP contribution is 2.19. The number of likely N-dealkylation sites (N-methyl/N-ethyl adjacent to an activating group) is 1. The average Bonchev–Trinajstić information content (AvgIpc) is 2.87. The minimum atomic E-state index is -1.14. The lowest BCUT2D eigenvalue weighted by molar-refractivity contribution is -0.303. The molecule has 0 aliphatic rings. The number of methoxy groups -OCH3 is 1. The van der Waals surface area contributed by atoms with Crippen molar-refractivity contribution in [2.24, 2.45) is 0 Å². The van der Waals surface area contributed by atoms with Crippen molar-refractivity contribution in [3.05, 3.63) is 35.7 Å². The summed E-state index contributed by atoms with van der Waals surface area (Å²) in [4.78, 5) is 16.4. The second-order valence-electron chi connectivity index (χ2n) is 4.25. The molecule has 0 aliphatic carbocycles. The lowest BCUT2D eigenvalue weighted by Crippen LogP contribution is -2.35. The molecule has 0 atom stereocenters. The van der Waals surface area contributed by atoms with Crippen molar-refractivity contribution in [2.75, 3.05) is 25.6 Å². The first kappa shape index (κ1) is 14.3. The lowest BCUT2D eigenvalue weighted by Gasteiger charge is -2.14. The smallest absolute Gasteiger partial charge is 0.205 e. The van der Waals surface area contributed by atoms with Crippen molar-refractivity contribution in [1.29, 1.82) is 0 Å². The highest BCUT2D eigenvalue weighted by atomic mass is 32.1. The van der Waals surface area contributed by atoms with Crippen molar-refractivity contribution in [1.82, 2.24) is 9.36 Å². The van der Waals surface area contributed by atoms with Gasteiger partial charge in [0.2, 0.25) is 5.13 Å². The van der Waals surface area contributed by atoms with Crippen LogP contribution in [-0.4, -0.2) is 36.0 Å². The van der Waals surface area contributed by atoms with E-state index < -0.39 is 5.97 Å². The van der Waals surface area contributed by atoms with E-state index in [1.54, 1.807) is 14.2 Å². The van der Waals surface area contributed by atoms with Crippen LogP contribution in [-0.2, 0) is 11.2 Å². The van der Waals surface area contributed by atoms with E-state index in [4.69, 9.17) is 4.74 Å². The molecule has 0 aliphatic heterocycles. The van der Waals surface area contributed by atoms with Gasteiger partial charge < -0.3 is 19.5 Å². The molecule has 6 nitrogen and oxygen atoms in total. The van der Waals surface area contributed by atoms with Crippen molar-refractivity contribution in [2.45, 2.75) is 6.42 Å². The minimum Gasteiger partial charge on any atom is -0.548 e. The fourth-order valence-corrected chi connectivity index (χ4v) is 2.34. The van der Waals surface area contributed by atoms with Gasteiger partial charge in [0.05, 0.1) is 19.6 Å². The molecule has 1 aromatic heterocycles. The van der Waals surface area contributed by atoms with E-state index in [0.29, 0.717) is 17.4 Å². The van der Waals surface area contributed by atoms with E-state index >= 15 is 0 Å². The van der Waals surface area contributed by atoms with Crippen LogP contribution in [0.5, 0.6) is 5.75 Å². The van der Waals surface area contributed by atoms with Gasteiger partial charge in [-0.05, 0) is 17.7 Å². The van der Waals surface area contributed by atoms with E-state index in [9.17, 15) is 9.90 Å². The number of hydrogen-bond acceptors (Lipinski definition) is 7. The molecule has 20 heavy (non-hydrogen) atoms. The Labute approximate surface area is 120 Å². The van der Waals surface area contributed by atoms with Crippen LogP contribution in [0.15, 0.2) is 24.3 Å². The monoisotopic (exact) mass is 292 g/mol. The Hall–Kier alpha value is -2.15. The van der Waals surface area contributed by atoms with Gasteiger partial charge in [0.1, 0.15) is 11.6 Å². The molecule has 0 unspecified atom stereocenters. The third-order valence-electron chi connectivity index (χ3n) is 2.65. The third kappa shape index (κ3) is 3.67. The fraction of sp³-hybridized carbons (Fsp3) is 0.308. The Morgan fingerprint density at radius 2 is 2.30 bits per heavy atom. The summed E-state index contributed by atoms with van der Waals surface area (Å²) in [6, 6.07) is 7.67. The van der Waals surface area contributed by atoms with Gasteiger partial charge in [-0.15, -0.1) is 0 Å². The number of carbonyl (C=O) groups is 1. The van der Waals surface area contributed by atoms with E-state index in [-0.39, 0.29) is 6.54 Å². The molecule has 0 saturated heterocycles. The molecule has 7 heteroatoms. The Morgan fingerprint density at radius 1 is 1.50 bits per heavy atom. The van der Waals surface area contributed by atoms with Crippen LogP contribution in [0, 0.1) is 0 Å². The van der Waals surface area contributed by atoms with Crippen LogP contribution >= 0.6 is 11.5 Å². The summed E-state index contributed by atoms with van der Waals surface area (Å²) in [5.41, 5.74) is 1.04. The molecule has 106 valence electrons. The first-order valence-electron chi connectivity index (χ1n) is 5.95. The molecule has 0 fully saturated rings. The summed E-state index contributed by atoms with van der Waals surface area (Å²) >= 11 is 1.17. The minimum absolute atomic E-state index is 0.201. The van der Waals surface area contributed by atoms with Gasteiger partial charge in [-0.1, -0.05) is 12.1 Å². The van der Waals surface area contributed by atoms with Gasteiger partial charge in [-0.2, -0.15) is 4.37 Å². The van der Waals surface area contributed by atoms with Gasteiger partial charge >= 0.3 is 0 Å². The van der Waals surface area contributed by atoms with Crippen molar-refractivity contribution < 1.29 is 14.6 Å². The van der Waals surface area contributed by atoms with Gasteiger partial charge in [-0.3, -0.25) is 0 Å². The van der Waals surface area contributed by atoms with Crippen LogP contribution in [0.2, 0.25) is 0 Å². The predicted molar refractivity (Wildman–Crippen MR) is 74.0 cm³/mol. The zero-order valence-corrected chi connectivity index (χ0v) is 12.0. The number of ether oxygens (including phenoxy) is 1. The molecule has 0 spiro atoms. The number of anilines is 1. The molecule has 0 N–H and O–H groups in total. The molecule has 0 saturated carbocycles. The highest BCUT2D eigenvalue weighted by Gasteiger charge is 2.09. The first-order chi connectivity index (χ1) is 9.58. The lowest BCUT2D eigenvalue weighted by atomic mass is 10.1. The van der Waals surface area contributed by atoms with Gasteiger partial charge in [-0.25, -0.2) is 4.98 Å². The summed E-state index contributed by atoms with van der Waals surface area (Å²) in [7, 11) is 3.26. The van der Waals surface area contributed by atoms with Crippen molar-refractivity contribution >= 4 is 22.6 Å². The van der Waals surface area contributed by atoms with Crippen LogP contribution in [0.4, 0.5) is 5.13 Å². The molecular formula is C13H14N3O3S-. The largest absolute Gasteiger partial charge is 0.548 e. The summed E-state index contributed by atoms with van der Waals surface area (Å²) in [5.74, 6) is 0.299. The molecule has 2 aromatic rings. The molecular weight excluding hydrogens is 278 g/mol. The molecule has 0 amide bonds. The summed E-state index contributed by atoms with van der Waals surface area (Å²) in [5, 5.41) is 11.1. The normalized spacial score (nSPS) is 10.3. The van der Waals surface area contributed by atoms with Crippen LogP contribution in [0.3, 0.4) is 0 Å². The average molecular weight is 292 g/mol. The summed E-state index contributed by atoms with van der Waals surface area (Å²) in [6.45, 7) is -0.201.